The molecule has 0 aliphatic heterocycles. The van der Waals surface area contributed by atoms with Gasteiger partial charge in [-0.25, -0.2) is 4.39 Å². The van der Waals surface area contributed by atoms with E-state index in [0.29, 0.717) is 23.6 Å². The zero-order chi connectivity index (χ0) is 15.2. The molecule has 1 unspecified atom stereocenters. The van der Waals surface area contributed by atoms with E-state index >= 15 is 0 Å². The molecule has 2 aromatic carbocycles. The number of rotatable bonds is 6. The number of ether oxygens (including phenoxy) is 1. The summed E-state index contributed by atoms with van der Waals surface area (Å²) in [4.78, 5) is 0. The molecular weight excluding hydrogens is 291 g/mol. The van der Waals surface area contributed by atoms with Crippen LogP contribution in [-0.2, 0) is 6.42 Å². The molecule has 0 heterocycles. The van der Waals surface area contributed by atoms with Crippen LogP contribution in [0.2, 0.25) is 5.02 Å². The minimum absolute atomic E-state index is 0.153. The van der Waals surface area contributed by atoms with Gasteiger partial charge in [-0.05, 0) is 54.8 Å². The highest BCUT2D eigenvalue weighted by Gasteiger charge is 2.13. The monoisotopic (exact) mass is 308 g/mol. The van der Waals surface area contributed by atoms with Gasteiger partial charge in [0.15, 0.2) is 0 Å². The Hall–Kier alpha value is -1.62. The van der Waals surface area contributed by atoms with Gasteiger partial charge < -0.3 is 4.74 Å². The van der Waals surface area contributed by atoms with E-state index in [1.165, 1.54) is 12.1 Å². The summed E-state index contributed by atoms with van der Waals surface area (Å²) in [5.41, 5.74) is 4.45. The van der Waals surface area contributed by atoms with E-state index in [2.05, 4.69) is 5.43 Å². The summed E-state index contributed by atoms with van der Waals surface area (Å²) in [6, 6.07) is 11.8. The normalized spacial score (nSPS) is 12.2. The minimum Gasteiger partial charge on any atom is -0.494 e. The first kappa shape index (κ1) is 15.8. The maximum Gasteiger partial charge on any atom is 0.123 e. The van der Waals surface area contributed by atoms with Crippen LogP contribution in [0.5, 0.6) is 5.75 Å². The van der Waals surface area contributed by atoms with Crippen LogP contribution in [-0.4, -0.2) is 6.61 Å². The number of benzene rings is 2. The fraction of sp³-hybridized carbons (Fsp3) is 0.250. The fourth-order valence-corrected chi connectivity index (χ4v) is 2.35. The highest BCUT2D eigenvalue weighted by atomic mass is 35.5. The Kier molecular flexibility index (Phi) is 5.56. The zero-order valence-corrected chi connectivity index (χ0v) is 12.5. The lowest BCUT2D eigenvalue weighted by Gasteiger charge is -2.17. The van der Waals surface area contributed by atoms with Gasteiger partial charge >= 0.3 is 0 Å². The molecule has 0 fully saturated rings. The van der Waals surface area contributed by atoms with Crippen LogP contribution in [0.1, 0.15) is 24.1 Å². The maximum atomic E-state index is 13.3. The summed E-state index contributed by atoms with van der Waals surface area (Å²) in [5, 5.41) is 0.530. The van der Waals surface area contributed by atoms with Crippen molar-refractivity contribution in [2.75, 3.05) is 6.61 Å². The Morgan fingerprint density at radius 2 is 1.95 bits per heavy atom. The summed E-state index contributed by atoms with van der Waals surface area (Å²) in [6.45, 7) is 2.56. The summed E-state index contributed by atoms with van der Waals surface area (Å²) in [5.74, 6) is 6.12. The van der Waals surface area contributed by atoms with Crippen molar-refractivity contribution in [1.82, 2.24) is 5.43 Å². The maximum absolute atomic E-state index is 13.3. The first-order valence-electron chi connectivity index (χ1n) is 6.77. The molecule has 0 spiro atoms. The summed E-state index contributed by atoms with van der Waals surface area (Å²) < 4.78 is 18.7. The van der Waals surface area contributed by atoms with E-state index in [4.69, 9.17) is 22.2 Å². The fourth-order valence-electron chi connectivity index (χ4n) is 2.16. The molecule has 0 aliphatic rings. The SMILES string of the molecule is CCOc1ccc(C(Cc2cc(F)ccc2Cl)NN)cc1. The van der Waals surface area contributed by atoms with Crippen LogP contribution in [0, 0.1) is 5.82 Å². The van der Waals surface area contributed by atoms with Gasteiger partial charge in [-0.3, -0.25) is 11.3 Å². The van der Waals surface area contributed by atoms with Crippen LogP contribution in [0.15, 0.2) is 42.5 Å². The van der Waals surface area contributed by atoms with Crippen LogP contribution in [0.4, 0.5) is 4.39 Å². The number of hydrazine groups is 1. The van der Waals surface area contributed by atoms with E-state index in [-0.39, 0.29) is 11.9 Å². The molecule has 2 rings (SSSR count). The lowest BCUT2D eigenvalue weighted by molar-refractivity contribution is 0.340. The third-order valence-corrected chi connectivity index (χ3v) is 3.60. The van der Waals surface area contributed by atoms with Gasteiger partial charge in [-0.2, -0.15) is 0 Å². The minimum atomic E-state index is -0.308. The van der Waals surface area contributed by atoms with Gasteiger partial charge in [0.1, 0.15) is 11.6 Å². The van der Waals surface area contributed by atoms with Crippen LogP contribution >= 0.6 is 11.6 Å². The predicted octanol–water partition coefficient (Wildman–Crippen LogP) is 3.62. The van der Waals surface area contributed by atoms with Crippen molar-refractivity contribution in [1.29, 1.82) is 0 Å². The molecule has 21 heavy (non-hydrogen) atoms. The van der Waals surface area contributed by atoms with Crippen molar-refractivity contribution in [2.45, 2.75) is 19.4 Å². The number of nitrogens with two attached hydrogens (primary N) is 1. The molecule has 112 valence electrons. The first-order valence-corrected chi connectivity index (χ1v) is 7.14. The van der Waals surface area contributed by atoms with Gasteiger partial charge in [-0.1, -0.05) is 23.7 Å². The van der Waals surface area contributed by atoms with E-state index in [9.17, 15) is 4.39 Å². The topological polar surface area (TPSA) is 47.3 Å². The molecule has 0 aliphatic carbocycles. The van der Waals surface area contributed by atoms with E-state index < -0.39 is 0 Å². The molecule has 3 N–H and O–H groups in total. The molecule has 0 amide bonds. The van der Waals surface area contributed by atoms with Gasteiger partial charge in [0.05, 0.1) is 12.6 Å². The standard InChI is InChI=1S/C16H18ClFN2O/c1-2-21-14-6-3-11(4-7-14)16(20-19)10-12-9-13(18)5-8-15(12)17/h3-9,16,20H,2,10,19H2,1H3. The number of hydrogen-bond donors (Lipinski definition) is 2. The Morgan fingerprint density at radius 3 is 2.57 bits per heavy atom. The molecule has 0 bridgehead atoms. The van der Waals surface area contributed by atoms with Crippen molar-refractivity contribution in [3.05, 3.63) is 64.4 Å². The van der Waals surface area contributed by atoms with Crippen LogP contribution in [0.3, 0.4) is 0 Å². The third kappa shape index (κ3) is 4.17. The van der Waals surface area contributed by atoms with Crippen molar-refractivity contribution in [3.8, 4) is 5.75 Å². The number of halogens is 2. The summed E-state index contributed by atoms with van der Waals surface area (Å²) >= 11 is 6.10. The Morgan fingerprint density at radius 1 is 1.24 bits per heavy atom. The Balaban J connectivity index is 2.17. The van der Waals surface area contributed by atoms with Gasteiger partial charge in [0.25, 0.3) is 0 Å². The van der Waals surface area contributed by atoms with Crippen molar-refractivity contribution < 1.29 is 9.13 Å². The van der Waals surface area contributed by atoms with E-state index in [1.807, 2.05) is 31.2 Å². The third-order valence-electron chi connectivity index (χ3n) is 3.23. The molecule has 5 heteroatoms. The molecule has 3 nitrogen and oxygen atoms in total. The molecule has 0 aromatic heterocycles. The van der Waals surface area contributed by atoms with Crippen molar-refractivity contribution >= 4 is 11.6 Å². The molecular formula is C16H18ClFN2O. The Bertz CT molecular complexity index is 589. The number of hydrogen-bond acceptors (Lipinski definition) is 3. The lowest BCUT2D eigenvalue weighted by atomic mass is 9.99. The van der Waals surface area contributed by atoms with Crippen LogP contribution < -0.4 is 16.0 Å². The lowest BCUT2D eigenvalue weighted by Crippen LogP contribution is -2.29. The average Bonchev–Trinajstić information content (AvgIpc) is 2.49. The predicted molar refractivity (Wildman–Crippen MR) is 82.8 cm³/mol. The van der Waals surface area contributed by atoms with Crippen molar-refractivity contribution in [2.24, 2.45) is 5.84 Å². The zero-order valence-electron chi connectivity index (χ0n) is 11.8. The molecule has 2 aromatic rings. The second-order valence-corrected chi connectivity index (χ2v) is 5.07. The largest absolute Gasteiger partial charge is 0.494 e. The Labute approximate surface area is 128 Å². The highest BCUT2D eigenvalue weighted by Crippen LogP contribution is 2.25. The average molecular weight is 309 g/mol. The smallest absolute Gasteiger partial charge is 0.123 e. The first-order chi connectivity index (χ1) is 10.1. The second-order valence-electron chi connectivity index (χ2n) is 4.66. The quantitative estimate of drug-likeness (QED) is 0.633. The second kappa shape index (κ2) is 7.41. The van der Waals surface area contributed by atoms with E-state index in [1.54, 1.807) is 6.07 Å². The molecule has 0 saturated heterocycles. The van der Waals surface area contributed by atoms with Gasteiger partial charge in [-0.15, -0.1) is 0 Å². The van der Waals surface area contributed by atoms with Gasteiger partial charge in [0, 0.05) is 5.02 Å². The molecule has 0 saturated carbocycles. The number of nitrogens with one attached hydrogen (secondary N) is 1. The molecule has 0 radical (unpaired) electrons. The van der Waals surface area contributed by atoms with Gasteiger partial charge in [0.2, 0.25) is 0 Å². The van der Waals surface area contributed by atoms with Crippen LogP contribution in [0.25, 0.3) is 0 Å². The highest BCUT2D eigenvalue weighted by molar-refractivity contribution is 6.31. The molecule has 1 atom stereocenters. The van der Waals surface area contributed by atoms with E-state index in [0.717, 1.165) is 11.3 Å². The van der Waals surface area contributed by atoms with Crippen molar-refractivity contribution in [3.63, 3.8) is 0 Å². The summed E-state index contributed by atoms with van der Waals surface area (Å²) in [7, 11) is 0. The summed E-state index contributed by atoms with van der Waals surface area (Å²) in [6.07, 6.45) is 0.501.